The second-order valence-corrected chi connectivity index (χ2v) is 4.03. The molecule has 0 bridgehead atoms. The fraction of sp³-hybridized carbons (Fsp3) is 0.111. The van der Waals surface area contributed by atoms with Crippen LogP contribution in [0, 0.1) is 11.3 Å². The van der Waals surface area contributed by atoms with Crippen LogP contribution < -0.4 is 0 Å². The van der Waals surface area contributed by atoms with Gasteiger partial charge in [-0.15, -0.1) is 0 Å². The van der Waals surface area contributed by atoms with Crippen LogP contribution in [0.5, 0.6) is 0 Å². The Morgan fingerprint density at radius 2 is 2.14 bits per heavy atom. The number of benzene rings is 1. The van der Waals surface area contributed by atoms with E-state index in [1.807, 2.05) is 6.07 Å². The van der Waals surface area contributed by atoms with Crippen LogP contribution in [-0.4, -0.2) is 13.1 Å². The van der Waals surface area contributed by atoms with Crippen molar-refractivity contribution in [3.8, 4) is 6.07 Å². The van der Waals surface area contributed by atoms with Crippen molar-refractivity contribution in [2.75, 3.05) is 7.11 Å². The molecule has 0 spiro atoms. The Kier molecular flexibility index (Phi) is 3.67. The highest BCUT2D eigenvalue weighted by molar-refractivity contribution is 9.13. The number of hydrogen-bond acceptors (Lipinski definition) is 3. The van der Waals surface area contributed by atoms with Crippen LogP contribution in [0.15, 0.2) is 21.1 Å². The number of carbonyl (C=O) groups is 1. The van der Waals surface area contributed by atoms with E-state index in [9.17, 15) is 4.79 Å². The van der Waals surface area contributed by atoms with Gasteiger partial charge in [0.1, 0.15) is 6.07 Å². The summed E-state index contributed by atoms with van der Waals surface area (Å²) in [6, 6.07) is 5.17. The topological polar surface area (TPSA) is 50.1 Å². The lowest BCUT2D eigenvalue weighted by molar-refractivity contribution is 0.0599. The summed E-state index contributed by atoms with van der Waals surface area (Å²) in [7, 11) is 1.27. The maximum atomic E-state index is 11.3. The molecule has 0 saturated carbocycles. The highest BCUT2D eigenvalue weighted by atomic mass is 79.9. The number of ether oxygens (including phenoxy) is 1. The Balaban J connectivity index is 3.45. The van der Waals surface area contributed by atoms with E-state index < -0.39 is 5.97 Å². The van der Waals surface area contributed by atoms with Gasteiger partial charge in [-0.05, 0) is 44.0 Å². The highest BCUT2D eigenvalue weighted by Crippen LogP contribution is 2.29. The van der Waals surface area contributed by atoms with E-state index in [4.69, 9.17) is 5.26 Å². The highest BCUT2D eigenvalue weighted by Gasteiger charge is 2.17. The number of nitrogens with zero attached hydrogens (tertiary/aromatic N) is 1. The summed E-state index contributed by atoms with van der Waals surface area (Å²) in [5.74, 6) is -0.533. The minimum atomic E-state index is -0.533. The van der Waals surface area contributed by atoms with Gasteiger partial charge < -0.3 is 4.74 Å². The summed E-state index contributed by atoms with van der Waals surface area (Å²) in [6.45, 7) is 0. The maximum absolute atomic E-state index is 11.3. The molecule has 1 aromatic rings. The van der Waals surface area contributed by atoms with Crippen molar-refractivity contribution in [1.82, 2.24) is 0 Å². The second-order valence-electron chi connectivity index (χ2n) is 2.39. The molecule has 0 aliphatic carbocycles. The van der Waals surface area contributed by atoms with Crippen molar-refractivity contribution in [3.63, 3.8) is 0 Å². The molecular formula is C9H5Br2NO2. The second kappa shape index (κ2) is 4.58. The molecule has 0 unspecified atom stereocenters. The molecule has 0 heterocycles. The SMILES string of the molecule is COC(=O)c1c(C#N)ccc(Br)c1Br. The standard InChI is InChI=1S/C9H5Br2NO2/c1-14-9(13)7-5(4-12)2-3-6(10)8(7)11/h2-3H,1H3. The average molecular weight is 319 g/mol. The number of halogens is 2. The number of rotatable bonds is 1. The lowest BCUT2D eigenvalue weighted by atomic mass is 10.1. The smallest absolute Gasteiger partial charge is 0.340 e. The van der Waals surface area contributed by atoms with Gasteiger partial charge in [0, 0.05) is 8.95 Å². The molecule has 1 aromatic carbocycles. The summed E-state index contributed by atoms with van der Waals surface area (Å²) < 4.78 is 5.81. The summed E-state index contributed by atoms with van der Waals surface area (Å²) in [4.78, 5) is 11.3. The molecule has 0 aliphatic heterocycles. The van der Waals surface area contributed by atoms with E-state index in [0.717, 1.165) is 0 Å². The summed E-state index contributed by atoms with van der Waals surface area (Å²) in [6.07, 6.45) is 0. The first-order valence-corrected chi connectivity index (χ1v) is 5.16. The zero-order valence-electron chi connectivity index (χ0n) is 7.17. The molecule has 0 radical (unpaired) electrons. The van der Waals surface area contributed by atoms with Gasteiger partial charge in [-0.3, -0.25) is 0 Å². The zero-order chi connectivity index (χ0) is 10.7. The number of hydrogen-bond donors (Lipinski definition) is 0. The first-order chi connectivity index (χ1) is 6.61. The molecule has 0 aliphatic rings. The Morgan fingerprint density at radius 1 is 1.50 bits per heavy atom. The van der Waals surface area contributed by atoms with Gasteiger partial charge in [0.05, 0.1) is 18.2 Å². The van der Waals surface area contributed by atoms with Gasteiger partial charge >= 0.3 is 5.97 Å². The molecular weight excluding hydrogens is 314 g/mol. The number of methoxy groups -OCH3 is 1. The quantitative estimate of drug-likeness (QED) is 0.748. The third-order valence-electron chi connectivity index (χ3n) is 1.60. The maximum Gasteiger partial charge on any atom is 0.340 e. The molecule has 0 saturated heterocycles. The number of carbonyl (C=O) groups excluding carboxylic acids is 1. The van der Waals surface area contributed by atoms with Crippen molar-refractivity contribution in [3.05, 3.63) is 32.2 Å². The Morgan fingerprint density at radius 3 is 2.64 bits per heavy atom. The lowest BCUT2D eigenvalue weighted by Crippen LogP contribution is -2.05. The van der Waals surface area contributed by atoms with Gasteiger partial charge in [0.25, 0.3) is 0 Å². The third kappa shape index (κ3) is 1.97. The molecule has 0 amide bonds. The molecule has 0 N–H and O–H groups in total. The third-order valence-corrected chi connectivity index (χ3v) is 3.62. The van der Waals surface area contributed by atoms with E-state index in [0.29, 0.717) is 8.95 Å². The van der Waals surface area contributed by atoms with Crippen molar-refractivity contribution >= 4 is 37.8 Å². The number of esters is 1. The molecule has 3 nitrogen and oxygen atoms in total. The number of nitriles is 1. The Hall–Kier alpha value is -0.860. The van der Waals surface area contributed by atoms with Gasteiger partial charge in [-0.2, -0.15) is 5.26 Å². The van der Waals surface area contributed by atoms with E-state index in [-0.39, 0.29) is 11.1 Å². The predicted molar refractivity (Wildman–Crippen MR) is 57.9 cm³/mol. The fourth-order valence-electron chi connectivity index (χ4n) is 0.945. The molecule has 14 heavy (non-hydrogen) atoms. The van der Waals surface area contributed by atoms with Crippen LogP contribution in [0.25, 0.3) is 0 Å². The van der Waals surface area contributed by atoms with Crippen LogP contribution in [0.1, 0.15) is 15.9 Å². The molecule has 5 heteroatoms. The first kappa shape index (κ1) is 11.2. The first-order valence-electron chi connectivity index (χ1n) is 3.58. The van der Waals surface area contributed by atoms with Crippen molar-refractivity contribution in [2.24, 2.45) is 0 Å². The monoisotopic (exact) mass is 317 g/mol. The summed E-state index contributed by atoms with van der Waals surface area (Å²) in [5.41, 5.74) is 0.524. The fourth-order valence-corrected chi connectivity index (χ4v) is 1.78. The van der Waals surface area contributed by atoms with Crippen LogP contribution in [-0.2, 0) is 4.74 Å². The molecule has 1 rings (SSSR count). The van der Waals surface area contributed by atoms with Crippen LogP contribution in [0.3, 0.4) is 0 Å². The largest absolute Gasteiger partial charge is 0.465 e. The zero-order valence-corrected chi connectivity index (χ0v) is 10.3. The lowest BCUT2D eigenvalue weighted by Gasteiger charge is -2.05. The van der Waals surface area contributed by atoms with Crippen molar-refractivity contribution in [1.29, 1.82) is 5.26 Å². The molecule has 0 aromatic heterocycles. The van der Waals surface area contributed by atoms with Crippen LogP contribution in [0.2, 0.25) is 0 Å². The molecule has 0 atom stereocenters. The molecule has 72 valence electrons. The predicted octanol–water partition coefficient (Wildman–Crippen LogP) is 2.87. The van der Waals surface area contributed by atoms with Crippen molar-refractivity contribution < 1.29 is 9.53 Å². The minimum absolute atomic E-state index is 0.240. The normalized spacial score (nSPS) is 9.29. The average Bonchev–Trinajstić information content (AvgIpc) is 2.20. The minimum Gasteiger partial charge on any atom is -0.465 e. The van der Waals surface area contributed by atoms with E-state index >= 15 is 0 Å². The van der Waals surface area contributed by atoms with E-state index in [1.54, 1.807) is 12.1 Å². The van der Waals surface area contributed by atoms with Gasteiger partial charge in [0.15, 0.2) is 0 Å². The Labute approximate surface area is 97.9 Å². The van der Waals surface area contributed by atoms with Gasteiger partial charge in [0.2, 0.25) is 0 Å². The van der Waals surface area contributed by atoms with Crippen LogP contribution >= 0.6 is 31.9 Å². The van der Waals surface area contributed by atoms with Crippen LogP contribution in [0.4, 0.5) is 0 Å². The molecule has 0 fully saturated rings. The summed E-state index contributed by atoms with van der Waals surface area (Å²) in [5, 5.41) is 8.78. The van der Waals surface area contributed by atoms with Gasteiger partial charge in [-0.25, -0.2) is 4.79 Å². The van der Waals surface area contributed by atoms with E-state index in [1.165, 1.54) is 7.11 Å². The van der Waals surface area contributed by atoms with Gasteiger partial charge in [-0.1, -0.05) is 0 Å². The summed E-state index contributed by atoms with van der Waals surface area (Å²) >= 11 is 6.46. The van der Waals surface area contributed by atoms with E-state index in [2.05, 4.69) is 36.6 Å². The Bertz CT molecular complexity index is 424. The van der Waals surface area contributed by atoms with Crippen molar-refractivity contribution in [2.45, 2.75) is 0 Å².